The van der Waals surface area contributed by atoms with Crippen LogP contribution in [0.3, 0.4) is 0 Å². The third kappa shape index (κ3) is 3.69. The summed E-state index contributed by atoms with van der Waals surface area (Å²) in [4.78, 5) is 11.9. The molecule has 0 atom stereocenters. The van der Waals surface area contributed by atoms with Gasteiger partial charge in [-0.2, -0.15) is 5.26 Å². The minimum Gasteiger partial charge on any atom is -0.352 e. The second-order valence-electron chi connectivity index (χ2n) is 4.69. The minimum absolute atomic E-state index is 0.0124. The first-order chi connectivity index (χ1) is 9.69. The summed E-state index contributed by atoms with van der Waals surface area (Å²) in [6, 6.07) is 17.2. The van der Waals surface area contributed by atoms with Crippen LogP contribution in [0, 0.1) is 18.3 Å². The van der Waals surface area contributed by atoms with E-state index in [4.69, 9.17) is 5.26 Å². The largest absolute Gasteiger partial charge is 0.352 e. The highest BCUT2D eigenvalue weighted by molar-refractivity contribution is 5.78. The summed E-state index contributed by atoms with van der Waals surface area (Å²) in [7, 11) is 0. The maximum Gasteiger partial charge on any atom is 0.224 e. The zero-order valence-corrected chi connectivity index (χ0v) is 11.4. The Morgan fingerprint density at radius 2 is 2.00 bits per heavy atom. The van der Waals surface area contributed by atoms with E-state index >= 15 is 0 Å². The first kappa shape index (κ1) is 13.8. The van der Waals surface area contributed by atoms with Crippen LogP contribution in [0.25, 0.3) is 0 Å². The van der Waals surface area contributed by atoms with Crippen molar-refractivity contribution in [3.63, 3.8) is 0 Å². The molecular formula is C17H16N2O. The number of hydrogen-bond acceptors (Lipinski definition) is 2. The van der Waals surface area contributed by atoms with Crippen LogP contribution in [-0.4, -0.2) is 5.91 Å². The molecular weight excluding hydrogens is 248 g/mol. The number of aryl methyl sites for hydroxylation is 1. The fourth-order valence-electron chi connectivity index (χ4n) is 2.00. The van der Waals surface area contributed by atoms with Gasteiger partial charge in [0.2, 0.25) is 5.91 Å². The number of nitriles is 1. The standard InChI is InChI=1S/C17H16N2O/c1-13-5-2-3-8-16(13)10-17(20)19-12-15-7-4-6-14(9-15)11-18/h2-9H,10,12H2,1H3,(H,19,20). The fourth-order valence-corrected chi connectivity index (χ4v) is 2.00. The predicted octanol–water partition coefficient (Wildman–Crippen LogP) is 2.73. The second kappa shape index (κ2) is 6.53. The van der Waals surface area contributed by atoms with Gasteiger partial charge in [0.1, 0.15) is 0 Å². The van der Waals surface area contributed by atoms with Crippen LogP contribution in [0.15, 0.2) is 48.5 Å². The number of nitrogens with one attached hydrogen (secondary N) is 1. The Hall–Kier alpha value is -2.60. The maximum absolute atomic E-state index is 11.9. The molecule has 0 aromatic heterocycles. The highest BCUT2D eigenvalue weighted by atomic mass is 16.1. The Labute approximate surface area is 118 Å². The zero-order chi connectivity index (χ0) is 14.4. The molecule has 0 aliphatic carbocycles. The van der Waals surface area contributed by atoms with E-state index in [-0.39, 0.29) is 5.91 Å². The molecule has 20 heavy (non-hydrogen) atoms. The van der Waals surface area contributed by atoms with Crippen molar-refractivity contribution < 1.29 is 4.79 Å². The Balaban J connectivity index is 1.93. The van der Waals surface area contributed by atoms with Gasteiger partial charge in [-0.25, -0.2) is 0 Å². The van der Waals surface area contributed by atoms with Gasteiger partial charge in [-0.15, -0.1) is 0 Å². The van der Waals surface area contributed by atoms with Gasteiger partial charge in [0.25, 0.3) is 0 Å². The van der Waals surface area contributed by atoms with Gasteiger partial charge in [-0.05, 0) is 35.7 Å². The molecule has 1 N–H and O–H groups in total. The number of carbonyl (C=O) groups is 1. The molecule has 100 valence electrons. The third-order valence-corrected chi connectivity index (χ3v) is 3.16. The summed E-state index contributed by atoms with van der Waals surface area (Å²) in [5, 5.41) is 11.7. The number of nitrogens with zero attached hydrogens (tertiary/aromatic N) is 1. The van der Waals surface area contributed by atoms with Gasteiger partial charge in [-0.1, -0.05) is 36.4 Å². The van der Waals surface area contributed by atoms with Gasteiger partial charge in [0, 0.05) is 6.54 Å². The number of rotatable bonds is 4. The van der Waals surface area contributed by atoms with E-state index in [1.807, 2.05) is 43.3 Å². The smallest absolute Gasteiger partial charge is 0.224 e. The number of carbonyl (C=O) groups excluding carboxylic acids is 1. The molecule has 2 rings (SSSR count). The molecule has 0 saturated carbocycles. The minimum atomic E-state index is -0.0124. The predicted molar refractivity (Wildman–Crippen MR) is 77.9 cm³/mol. The van der Waals surface area contributed by atoms with E-state index in [1.54, 1.807) is 12.1 Å². The number of benzene rings is 2. The van der Waals surface area contributed by atoms with Crippen molar-refractivity contribution >= 4 is 5.91 Å². The molecule has 2 aromatic rings. The SMILES string of the molecule is Cc1ccccc1CC(=O)NCc1cccc(C#N)c1. The summed E-state index contributed by atoms with van der Waals surface area (Å²) in [6.45, 7) is 2.44. The van der Waals surface area contributed by atoms with Gasteiger partial charge < -0.3 is 5.32 Å². The van der Waals surface area contributed by atoms with Crippen molar-refractivity contribution in [1.82, 2.24) is 5.32 Å². The van der Waals surface area contributed by atoms with Crippen molar-refractivity contribution in [3.05, 3.63) is 70.8 Å². The highest BCUT2D eigenvalue weighted by Crippen LogP contribution is 2.08. The van der Waals surface area contributed by atoms with Crippen LogP contribution >= 0.6 is 0 Å². The summed E-state index contributed by atoms with van der Waals surface area (Å²) in [5.41, 5.74) is 3.70. The van der Waals surface area contributed by atoms with E-state index < -0.39 is 0 Å². The quantitative estimate of drug-likeness (QED) is 0.923. The molecule has 0 radical (unpaired) electrons. The molecule has 3 nitrogen and oxygen atoms in total. The first-order valence-electron chi connectivity index (χ1n) is 6.49. The van der Waals surface area contributed by atoms with E-state index in [0.717, 1.165) is 16.7 Å². The molecule has 1 amide bonds. The topological polar surface area (TPSA) is 52.9 Å². The lowest BCUT2D eigenvalue weighted by Gasteiger charge is -2.07. The average molecular weight is 264 g/mol. The highest BCUT2D eigenvalue weighted by Gasteiger charge is 2.05. The Kier molecular flexibility index (Phi) is 4.52. The van der Waals surface area contributed by atoms with E-state index in [2.05, 4.69) is 11.4 Å². The number of amides is 1. The summed E-state index contributed by atoms with van der Waals surface area (Å²) < 4.78 is 0. The van der Waals surface area contributed by atoms with Crippen molar-refractivity contribution in [2.24, 2.45) is 0 Å². The van der Waals surface area contributed by atoms with E-state index in [0.29, 0.717) is 18.5 Å². The van der Waals surface area contributed by atoms with Crippen LogP contribution in [0.2, 0.25) is 0 Å². The lowest BCUT2D eigenvalue weighted by molar-refractivity contribution is -0.120. The average Bonchev–Trinajstić information content (AvgIpc) is 2.48. The maximum atomic E-state index is 11.9. The van der Waals surface area contributed by atoms with Crippen LogP contribution in [-0.2, 0) is 17.8 Å². The molecule has 0 aliphatic rings. The summed E-state index contributed by atoms with van der Waals surface area (Å²) in [5.74, 6) is -0.0124. The van der Waals surface area contributed by atoms with Crippen LogP contribution in [0.4, 0.5) is 0 Å². The van der Waals surface area contributed by atoms with Crippen LogP contribution in [0.1, 0.15) is 22.3 Å². The molecule has 0 spiro atoms. The molecule has 0 fully saturated rings. The van der Waals surface area contributed by atoms with Gasteiger partial charge in [0.15, 0.2) is 0 Å². The lowest BCUT2D eigenvalue weighted by atomic mass is 10.1. The molecule has 0 bridgehead atoms. The van der Waals surface area contributed by atoms with Crippen molar-refractivity contribution in [1.29, 1.82) is 5.26 Å². The molecule has 0 saturated heterocycles. The third-order valence-electron chi connectivity index (χ3n) is 3.16. The molecule has 0 heterocycles. The van der Waals surface area contributed by atoms with Crippen LogP contribution < -0.4 is 5.32 Å². The molecule has 0 unspecified atom stereocenters. The Bertz CT molecular complexity index is 656. The molecule has 2 aromatic carbocycles. The monoisotopic (exact) mass is 264 g/mol. The fraction of sp³-hybridized carbons (Fsp3) is 0.176. The number of hydrogen-bond donors (Lipinski definition) is 1. The van der Waals surface area contributed by atoms with E-state index in [9.17, 15) is 4.79 Å². The second-order valence-corrected chi connectivity index (χ2v) is 4.69. The van der Waals surface area contributed by atoms with Gasteiger partial charge >= 0.3 is 0 Å². The summed E-state index contributed by atoms with van der Waals surface area (Å²) in [6.07, 6.45) is 0.380. The van der Waals surface area contributed by atoms with Crippen LogP contribution in [0.5, 0.6) is 0 Å². The first-order valence-corrected chi connectivity index (χ1v) is 6.49. The van der Waals surface area contributed by atoms with E-state index in [1.165, 1.54) is 0 Å². The molecule has 0 aliphatic heterocycles. The van der Waals surface area contributed by atoms with Crippen molar-refractivity contribution in [2.75, 3.05) is 0 Å². The lowest BCUT2D eigenvalue weighted by Crippen LogP contribution is -2.24. The molecule has 3 heteroatoms. The summed E-state index contributed by atoms with van der Waals surface area (Å²) >= 11 is 0. The Morgan fingerprint density at radius 3 is 2.75 bits per heavy atom. The Morgan fingerprint density at radius 1 is 1.20 bits per heavy atom. The zero-order valence-electron chi connectivity index (χ0n) is 11.4. The van der Waals surface area contributed by atoms with Crippen molar-refractivity contribution in [3.8, 4) is 6.07 Å². The van der Waals surface area contributed by atoms with Gasteiger partial charge in [0.05, 0.1) is 18.1 Å². The normalized spacial score (nSPS) is 9.80. The van der Waals surface area contributed by atoms with Gasteiger partial charge in [-0.3, -0.25) is 4.79 Å². The van der Waals surface area contributed by atoms with Crippen molar-refractivity contribution in [2.45, 2.75) is 19.9 Å².